The summed E-state index contributed by atoms with van der Waals surface area (Å²) in [6, 6.07) is 13.1. The third-order valence-electron chi connectivity index (χ3n) is 2.60. The van der Waals surface area contributed by atoms with E-state index < -0.39 is 0 Å². The molecule has 2 nitrogen and oxygen atoms in total. The summed E-state index contributed by atoms with van der Waals surface area (Å²) >= 11 is 5.91. The lowest BCUT2D eigenvalue weighted by atomic mass is 10.0. The first-order valence-electron chi connectivity index (χ1n) is 5.72. The maximum atomic E-state index is 10.9. The summed E-state index contributed by atoms with van der Waals surface area (Å²) in [5, 5.41) is 0.467. The Hall–Kier alpha value is -1.80. The highest BCUT2D eigenvalue weighted by Crippen LogP contribution is 2.27. The third kappa shape index (κ3) is 2.71. The van der Waals surface area contributed by atoms with Crippen LogP contribution in [0.15, 0.2) is 42.5 Å². The second-order valence-corrected chi connectivity index (χ2v) is 4.22. The van der Waals surface area contributed by atoms with Crippen LogP contribution < -0.4 is 4.74 Å². The Morgan fingerprint density at radius 2 is 1.94 bits per heavy atom. The SMILES string of the molecule is CCOc1cccc(-c2ccc(Cl)c(C=O)c2)c1. The zero-order chi connectivity index (χ0) is 13.0. The van der Waals surface area contributed by atoms with Crippen molar-refractivity contribution < 1.29 is 9.53 Å². The van der Waals surface area contributed by atoms with Gasteiger partial charge in [-0.05, 0) is 42.3 Å². The van der Waals surface area contributed by atoms with Gasteiger partial charge < -0.3 is 4.74 Å². The fourth-order valence-electron chi connectivity index (χ4n) is 1.75. The number of benzene rings is 2. The van der Waals surface area contributed by atoms with E-state index in [2.05, 4.69) is 0 Å². The van der Waals surface area contributed by atoms with Gasteiger partial charge >= 0.3 is 0 Å². The molecule has 0 fully saturated rings. The molecule has 18 heavy (non-hydrogen) atoms. The van der Waals surface area contributed by atoms with Crippen molar-refractivity contribution in [1.82, 2.24) is 0 Å². The van der Waals surface area contributed by atoms with E-state index in [-0.39, 0.29) is 0 Å². The highest BCUT2D eigenvalue weighted by Gasteiger charge is 2.04. The van der Waals surface area contributed by atoms with Crippen LogP contribution >= 0.6 is 11.6 Å². The Morgan fingerprint density at radius 3 is 2.67 bits per heavy atom. The summed E-state index contributed by atoms with van der Waals surface area (Å²) in [6.07, 6.45) is 0.762. The van der Waals surface area contributed by atoms with E-state index in [4.69, 9.17) is 16.3 Å². The molecule has 0 radical (unpaired) electrons. The Balaban J connectivity index is 2.41. The van der Waals surface area contributed by atoms with Crippen molar-refractivity contribution in [1.29, 1.82) is 0 Å². The van der Waals surface area contributed by atoms with Crippen LogP contribution in [0.3, 0.4) is 0 Å². The standard InChI is InChI=1S/C15H13ClO2/c1-2-18-14-5-3-4-11(9-14)12-6-7-15(16)13(8-12)10-17/h3-10H,2H2,1H3. The molecule has 0 aliphatic heterocycles. The summed E-state index contributed by atoms with van der Waals surface area (Å²) in [5.41, 5.74) is 2.44. The molecule has 0 atom stereocenters. The molecular formula is C15H13ClO2. The number of hydrogen-bond acceptors (Lipinski definition) is 2. The van der Waals surface area contributed by atoms with Gasteiger partial charge in [-0.25, -0.2) is 0 Å². The number of ether oxygens (including phenoxy) is 1. The summed E-state index contributed by atoms with van der Waals surface area (Å²) in [7, 11) is 0. The van der Waals surface area contributed by atoms with Gasteiger partial charge in [0.25, 0.3) is 0 Å². The molecule has 0 saturated carbocycles. The van der Waals surface area contributed by atoms with E-state index in [9.17, 15) is 4.79 Å². The smallest absolute Gasteiger partial charge is 0.151 e. The van der Waals surface area contributed by atoms with Crippen molar-refractivity contribution >= 4 is 17.9 Å². The lowest BCUT2D eigenvalue weighted by molar-refractivity contribution is 0.112. The molecule has 3 heteroatoms. The molecule has 0 aromatic heterocycles. The van der Waals surface area contributed by atoms with Gasteiger partial charge in [0.2, 0.25) is 0 Å². The van der Waals surface area contributed by atoms with E-state index in [0.717, 1.165) is 23.2 Å². The third-order valence-corrected chi connectivity index (χ3v) is 2.95. The molecule has 2 aromatic carbocycles. The predicted molar refractivity (Wildman–Crippen MR) is 73.4 cm³/mol. The van der Waals surface area contributed by atoms with Crippen LogP contribution in [-0.2, 0) is 0 Å². The molecule has 0 N–H and O–H groups in total. The van der Waals surface area contributed by atoms with Gasteiger partial charge in [0.05, 0.1) is 11.6 Å². The highest BCUT2D eigenvalue weighted by molar-refractivity contribution is 6.33. The summed E-state index contributed by atoms with van der Waals surface area (Å²) in [5.74, 6) is 0.817. The lowest BCUT2D eigenvalue weighted by Gasteiger charge is -2.07. The zero-order valence-corrected chi connectivity index (χ0v) is 10.8. The van der Waals surface area contributed by atoms with Crippen LogP contribution in [-0.4, -0.2) is 12.9 Å². The topological polar surface area (TPSA) is 26.3 Å². The van der Waals surface area contributed by atoms with Gasteiger partial charge in [-0.1, -0.05) is 29.8 Å². The maximum absolute atomic E-state index is 10.9. The van der Waals surface area contributed by atoms with E-state index in [1.54, 1.807) is 12.1 Å². The van der Waals surface area contributed by atoms with Crippen molar-refractivity contribution in [2.45, 2.75) is 6.92 Å². The minimum atomic E-state index is 0.467. The Kier molecular flexibility index (Phi) is 4.00. The van der Waals surface area contributed by atoms with Gasteiger partial charge in [0.15, 0.2) is 6.29 Å². The van der Waals surface area contributed by atoms with Crippen LogP contribution in [0.1, 0.15) is 17.3 Å². The molecular weight excluding hydrogens is 248 g/mol. The predicted octanol–water partition coefficient (Wildman–Crippen LogP) is 4.22. The zero-order valence-electron chi connectivity index (χ0n) is 10.0. The van der Waals surface area contributed by atoms with Gasteiger partial charge in [0.1, 0.15) is 5.75 Å². The first-order valence-corrected chi connectivity index (χ1v) is 6.10. The Bertz CT molecular complexity index is 564. The molecule has 0 aliphatic carbocycles. The van der Waals surface area contributed by atoms with Crippen molar-refractivity contribution in [2.24, 2.45) is 0 Å². The Morgan fingerprint density at radius 1 is 1.17 bits per heavy atom. The first-order chi connectivity index (χ1) is 8.74. The number of aldehydes is 1. The molecule has 2 aromatic rings. The molecule has 0 spiro atoms. The number of hydrogen-bond donors (Lipinski definition) is 0. The normalized spacial score (nSPS) is 10.1. The molecule has 0 heterocycles. The van der Waals surface area contributed by atoms with Gasteiger partial charge in [-0.15, -0.1) is 0 Å². The average Bonchev–Trinajstić information content (AvgIpc) is 2.40. The van der Waals surface area contributed by atoms with Crippen LogP contribution in [0.5, 0.6) is 5.75 Å². The van der Waals surface area contributed by atoms with Gasteiger partial charge in [-0.2, -0.15) is 0 Å². The number of carbonyl (C=O) groups excluding carboxylic acids is 1. The van der Waals surface area contributed by atoms with Crippen molar-refractivity contribution in [3.05, 3.63) is 53.1 Å². The largest absolute Gasteiger partial charge is 0.494 e. The highest BCUT2D eigenvalue weighted by atomic mass is 35.5. The molecule has 92 valence electrons. The molecule has 2 rings (SSSR count). The van der Waals surface area contributed by atoms with Crippen LogP contribution in [0, 0.1) is 0 Å². The number of rotatable bonds is 4. The second kappa shape index (κ2) is 5.69. The van der Waals surface area contributed by atoms with E-state index in [0.29, 0.717) is 17.2 Å². The van der Waals surface area contributed by atoms with Crippen molar-refractivity contribution in [2.75, 3.05) is 6.61 Å². The minimum absolute atomic E-state index is 0.467. The summed E-state index contributed by atoms with van der Waals surface area (Å²) in [4.78, 5) is 10.9. The van der Waals surface area contributed by atoms with Crippen LogP contribution in [0.2, 0.25) is 5.02 Å². The molecule has 0 aliphatic rings. The van der Waals surface area contributed by atoms with Crippen LogP contribution in [0.4, 0.5) is 0 Å². The van der Waals surface area contributed by atoms with E-state index in [1.165, 1.54) is 0 Å². The Labute approximate surface area is 111 Å². The summed E-state index contributed by atoms with van der Waals surface area (Å²) < 4.78 is 5.45. The molecule has 0 saturated heterocycles. The van der Waals surface area contributed by atoms with E-state index in [1.807, 2.05) is 37.3 Å². The molecule has 0 unspecified atom stereocenters. The van der Waals surface area contributed by atoms with Gasteiger partial charge in [-0.3, -0.25) is 4.79 Å². The molecule has 0 bridgehead atoms. The molecule has 0 amide bonds. The minimum Gasteiger partial charge on any atom is -0.494 e. The average molecular weight is 261 g/mol. The van der Waals surface area contributed by atoms with E-state index >= 15 is 0 Å². The van der Waals surface area contributed by atoms with Crippen molar-refractivity contribution in [3.8, 4) is 16.9 Å². The van der Waals surface area contributed by atoms with Crippen molar-refractivity contribution in [3.63, 3.8) is 0 Å². The summed E-state index contributed by atoms with van der Waals surface area (Å²) in [6.45, 7) is 2.57. The van der Waals surface area contributed by atoms with Gasteiger partial charge in [0, 0.05) is 5.56 Å². The number of halogens is 1. The number of carbonyl (C=O) groups is 1. The first kappa shape index (κ1) is 12.7. The fraction of sp³-hybridized carbons (Fsp3) is 0.133. The second-order valence-electron chi connectivity index (χ2n) is 3.81. The fourth-order valence-corrected chi connectivity index (χ4v) is 1.91. The quantitative estimate of drug-likeness (QED) is 0.770. The van der Waals surface area contributed by atoms with Crippen LogP contribution in [0.25, 0.3) is 11.1 Å². The maximum Gasteiger partial charge on any atom is 0.151 e. The monoisotopic (exact) mass is 260 g/mol. The lowest BCUT2D eigenvalue weighted by Crippen LogP contribution is -1.91.